The summed E-state index contributed by atoms with van der Waals surface area (Å²) in [6.45, 7) is 3.86. The van der Waals surface area contributed by atoms with Crippen molar-refractivity contribution in [2.24, 2.45) is 0 Å². The third kappa shape index (κ3) is 7.00. The lowest BCUT2D eigenvalue weighted by Crippen LogP contribution is -2.47. The number of amides is 3. The van der Waals surface area contributed by atoms with E-state index in [1.54, 1.807) is 24.9 Å². The number of halogens is 3. The Bertz CT molecular complexity index is 1120. The van der Waals surface area contributed by atoms with Crippen molar-refractivity contribution in [3.8, 4) is 5.75 Å². The number of alkyl halides is 3. The Labute approximate surface area is 208 Å². The number of carbonyl (C=O) groups is 2. The van der Waals surface area contributed by atoms with Gasteiger partial charge in [-0.15, -0.1) is 13.2 Å². The van der Waals surface area contributed by atoms with E-state index in [9.17, 15) is 27.9 Å². The molecule has 0 spiro atoms. The number of carbonyl (C=O) groups excluding carboxylic acids is 2. The molecule has 0 saturated heterocycles. The predicted octanol–water partition coefficient (Wildman–Crippen LogP) is 4.40. The zero-order chi connectivity index (χ0) is 26.5. The molecule has 2 aromatic carbocycles. The molecule has 3 amide bonds. The minimum atomic E-state index is -4.85. The van der Waals surface area contributed by atoms with E-state index >= 15 is 0 Å². The molecule has 0 radical (unpaired) electrons. The fourth-order valence-corrected chi connectivity index (χ4v) is 4.18. The van der Waals surface area contributed by atoms with Crippen LogP contribution in [0.15, 0.2) is 54.1 Å². The molecule has 1 heterocycles. The fraction of sp³-hybridized carbons (Fsp3) is 0.385. The van der Waals surface area contributed by atoms with E-state index in [0.717, 1.165) is 16.0 Å². The Morgan fingerprint density at radius 2 is 1.72 bits per heavy atom. The molecule has 194 valence electrons. The molecule has 0 bridgehead atoms. The van der Waals surface area contributed by atoms with Gasteiger partial charge in [-0.25, -0.2) is 4.79 Å². The van der Waals surface area contributed by atoms with Crippen LogP contribution in [0, 0.1) is 6.92 Å². The number of aliphatic hydroxyl groups is 1. The van der Waals surface area contributed by atoms with Gasteiger partial charge < -0.3 is 19.6 Å². The Balaban J connectivity index is 2.10. The number of hydrogen-bond acceptors (Lipinski definition) is 5. The zero-order valence-electron chi connectivity index (χ0n) is 20.5. The summed E-state index contributed by atoms with van der Waals surface area (Å²) >= 11 is 0. The van der Waals surface area contributed by atoms with Crippen LogP contribution in [-0.4, -0.2) is 71.4 Å². The third-order valence-electron chi connectivity index (χ3n) is 5.75. The summed E-state index contributed by atoms with van der Waals surface area (Å²) in [5.41, 5.74) is 3.62. The maximum atomic E-state index is 13.3. The number of aryl methyl sites for hydroxylation is 1. The highest BCUT2D eigenvalue weighted by atomic mass is 19.4. The molecule has 2 aromatic rings. The van der Waals surface area contributed by atoms with Crippen LogP contribution in [0.1, 0.15) is 30.0 Å². The molecule has 0 fully saturated rings. The van der Waals surface area contributed by atoms with Gasteiger partial charge in [-0.2, -0.15) is 0 Å². The summed E-state index contributed by atoms with van der Waals surface area (Å²) in [6.07, 6.45) is -4.61. The molecule has 0 atom stereocenters. The quantitative estimate of drug-likeness (QED) is 0.604. The molecule has 10 heteroatoms. The van der Waals surface area contributed by atoms with E-state index in [1.165, 1.54) is 23.1 Å². The van der Waals surface area contributed by atoms with Gasteiger partial charge in [0, 0.05) is 44.5 Å². The van der Waals surface area contributed by atoms with Crippen LogP contribution in [0.5, 0.6) is 5.75 Å². The van der Waals surface area contributed by atoms with Crippen LogP contribution < -0.4 is 4.74 Å². The van der Waals surface area contributed by atoms with Crippen LogP contribution >= 0.6 is 0 Å². The standard InChI is InChI=1S/C26H30F3N3O4/c1-18-8-10-20(11-9-18)16-31-17-23(34)32(12-5-13-33)25(35)30(3)15-19(2)24(31)21-6-4-7-22(14-21)36-26(27,28)29/h4,6-11,14,33H,5,12-13,15-17H2,1-3H3/b24-19-. The number of hydrogen-bond donors (Lipinski definition) is 1. The maximum absolute atomic E-state index is 13.3. The van der Waals surface area contributed by atoms with E-state index < -0.39 is 18.3 Å². The average molecular weight is 506 g/mol. The minimum Gasteiger partial charge on any atom is -0.406 e. The van der Waals surface area contributed by atoms with Gasteiger partial charge >= 0.3 is 12.4 Å². The Morgan fingerprint density at radius 1 is 1.03 bits per heavy atom. The highest BCUT2D eigenvalue weighted by molar-refractivity contribution is 5.96. The summed E-state index contributed by atoms with van der Waals surface area (Å²) in [6, 6.07) is 12.8. The van der Waals surface area contributed by atoms with Crippen molar-refractivity contribution >= 4 is 17.6 Å². The van der Waals surface area contributed by atoms with Crippen molar-refractivity contribution in [3.05, 3.63) is 70.8 Å². The summed E-state index contributed by atoms with van der Waals surface area (Å²) in [4.78, 5) is 30.6. The number of ether oxygens (including phenoxy) is 1. The van der Waals surface area contributed by atoms with E-state index in [1.807, 2.05) is 31.2 Å². The predicted molar refractivity (Wildman–Crippen MR) is 129 cm³/mol. The number of likely N-dealkylation sites (N-methyl/N-ethyl adjacent to an activating group) is 1. The van der Waals surface area contributed by atoms with Crippen molar-refractivity contribution in [1.82, 2.24) is 14.7 Å². The van der Waals surface area contributed by atoms with Crippen LogP contribution in [0.2, 0.25) is 0 Å². The number of nitrogens with zero attached hydrogens (tertiary/aromatic N) is 3. The molecule has 36 heavy (non-hydrogen) atoms. The van der Waals surface area contributed by atoms with Crippen molar-refractivity contribution in [2.45, 2.75) is 33.2 Å². The van der Waals surface area contributed by atoms with Crippen LogP contribution in [0.25, 0.3) is 5.70 Å². The first-order valence-electron chi connectivity index (χ1n) is 11.5. The average Bonchev–Trinajstić information content (AvgIpc) is 2.82. The Kier molecular flexibility index (Phi) is 8.62. The highest BCUT2D eigenvalue weighted by Crippen LogP contribution is 2.31. The number of benzene rings is 2. The Hall–Kier alpha value is -3.53. The molecule has 0 unspecified atom stereocenters. The van der Waals surface area contributed by atoms with E-state index in [4.69, 9.17) is 0 Å². The first-order chi connectivity index (χ1) is 17.0. The van der Waals surface area contributed by atoms with Crippen molar-refractivity contribution in [2.75, 3.05) is 33.3 Å². The molecule has 0 saturated carbocycles. The number of rotatable bonds is 7. The monoisotopic (exact) mass is 505 g/mol. The molecule has 1 aliphatic rings. The first kappa shape index (κ1) is 27.1. The molecule has 3 rings (SSSR count). The molecule has 1 aliphatic heterocycles. The van der Waals surface area contributed by atoms with Crippen LogP contribution in [-0.2, 0) is 11.3 Å². The minimum absolute atomic E-state index is 0.0557. The van der Waals surface area contributed by atoms with Gasteiger partial charge in [0.1, 0.15) is 5.75 Å². The lowest BCUT2D eigenvalue weighted by atomic mass is 10.0. The lowest BCUT2D eigenvalue weighted by molar-refractivity contribution is -0.274. The molecule has 1 N–H and O–H groups in total. The number of imide groups is 1. The molecular formula is C26H30F3N3O4. The second-order valence-electron chi connectivity index (χ2n) is 8.81. The first-order valence-corrected chi connectivity index (χ1v) is 11.5. The topological polar surface area (TPSA) is 73.3 Å². The van der Waals surface area contributed by atoms with Crippen LogP contribution in [0.3, 0.4) is 0 Å². The SMILES string of the molecule is C/C1=C(\c2cccc(OC(F)(F)F)c2)N(Cc2ccc(C)cc2)CC(=O)N(CCCO)C(=O)N(C)C1. The fourth-order valence-electron chi connectivity index (χ4n) is 4.18. The Morgan fingerprint density at radius 3 is 2.36 bits per heavy atom. The van der Waals surface area contributed by atoms with Gasteiger partial charge in [-0.05, 0) is 43.5 Å². The molecular weight excluding hydrogens is 475 g/mol. The van der Waals surface area contributed by atoms with Gasteiger partial charge in [0.25, 0.3) is 0 Å². The maximum Gasteiger partial charge on any atom is 0.573 e. The van der Waals surface area contributed by atoms with E-state index in [0.29, 0.717) is 16.8 Å². The van der Waals surface area contributed by atoms with Gasteiger partial charge in [-0.1, -0.05) is 42.0 Å². The second-order valence-corrected chi connectivity index (χ2v) is 8.81. The summed E-state index contributed by atoms with van der Waals surface area (Å²) < 4.78 is 42.8. The van der Waals surface area contributed by atoms with Crippen molar-refractivity contribution < 1.29 is 32.6 Å². The number of aliphatic hydroxyl groups excluding tert-OH is 1. The second kappa shape index (κ2) is 11.5. The van der Waals surface area contributed by atoms with E-state index in [2.05, 4.69) is 4.74 Å². The highest BCUT2D eigenvalue weighted by Gasteiger charge is 2.32. The zero-order valence-corrected chi connectivity index (χ0v) is 20.5. The normalized spacial score (nSPS) is 17.7. The van der Waals surface area contributed by atoms with Crippen molar-refractivity contribution in [3.63, 3.8) is 0 Å². The molecule has 0 aliphatic carbocycles. The largest absolute Gasteiger partial charge is 0.573 e. The van der Waals surface area contributed by atoms with Crippen molar-refractivity contribution in [1.29, 1.82) is 0 Å². The van der Waals surface area contributed by atoms with Gasteiger partial charge in [0.05, 0.1) is 6.54 Å². The molecule has 7 nitrogen and oxygen atoms in total. The van der Waals surface area contributed by atoms with E-state index in [-0.39, 0.29) is 45.0 Å². The summed E-state index contributed by atoms with van der Waals surface area (Å²) in [7, 11) is 1.56. The lowest BCUT2D eigenvalue weighted by Gasteiger charge is -2.30. The van der Waals surface area contributed by atoms with Gasteiger partial charge in [0.15, 0.2) is 0 Å². The third-order valence-corrected chi connectivity index (χ3v) is 5.75. The smallest absolute Gasteiger partial charge is 0.406 e. The summed E-state index contributed by atoms with van der Waals surface area (Å²) in [5, 5.41) is 9.25. The van der Waals surface area contributed by atoms with Gasteiger partial charge in [-0.3, -0.25) is 9.69 Å². The van der Waals surface area contributed by atoms with Crippen LogP contribution in [0.4, 0.5) is 18.0 Å². The number of urea groups is 1. The summed E-state index contributed by atoms with van der Waals surface area (Å²) in [5.74, 6) is -0.849. The van der Waals surface area contributed by atoms with Gasteiger partial charge in [0.2, 0.25) is 5.91 Å². The molecule has 0 aromatic heterocycles.